The quantitative estimate of drug-likeness (QED) is 0.284. The molecule has 258 valence electrons. The molecule has 5 atom stereocenters. The van der Waals surface area contributed by atoms with E-state index in [2.05, 4.69) is 55.1 Å². The van der Waals surface area contributed by atoms with Crippen molar-refractivity contribution in [3.05, 3.63) is 98.9 Å². The predicted octanol–water partition coefficient (Wildman–Crippen LogP) is 6.08. The van der Waals surface area contributed by atoms with Gasteiger partial charge in [0.05, 0.1) is 12.1 Å². The molecule has 1 aromatic carbocycles. The molecule has 1 aromatic heterocycles. The van der Waals surface area contributed by atoms with Crippen LogP contribution >= 0.6 is 11.6 Å². The average molecular weight is 720 g/mol. The third kappa shape index (κ3) is 9.84. The van der Waals surface area contributed by atoms with Gasteiger partial charge in [-0.05, 0) is 102 Å². The van der Waals surface area contributed by atoms with Gasteiger partial charge in [0, 0.05) is 54.8 Å². The van der Waals surface area contributed by atoms with E-state index in [1.807, 2.05) is 83.8 Å². The van der Waals surface area contributed by atoms with E-state index in [9.17, 15) is 0 Å². The van der Waals surface area contributed by atoms with Crippen LogP contribution in [0.5, 0.6) is 0 Å². The van der Waals surface area contributed by atoms with Crippen LogP contribution in [0.25, 0.3) is 10.9 Å². The van der Waals surface area contributed by atoms with Gasteiger partial charge in [0.1, 0.15) is 30.5 Å². The zero-order valence-corrected chi connectivity index (χ0v) is 30.2. The Labute approximate surface area is 302 Å². The van der Waals surface area contributed by atoms with E-state index in [0.29, 0.717) is 11.6 Å². The Bertz CT molecular complexity index is 1340. The summed E-state index contributed by atoms with van der Waals surface area (Å²) >= 11 is 6.05. The van der Waals surface area contributed by atoms with Gasteiger partial charge in [-0.2, -0.15) is 0 Å². The molecule has 48 heavy (non-hydrogen) atoms. The van der Waals surface area contributed by atoms with E-state index in [1.165, 1.54) is 5.92 Å². The van der Waals surface area contributed by atoms with Crippen molar-refractivity contribution in [3.63, 3.8) is 0 Å². The maximum Gasteiger partial charge on any atom is 2.00 e. The molecule has 0 unspecified atom stereocenters. The van der Waals surface area contributed by atoms with Gasteiger partial charge < -0.3 is 39.1 Å². The third-order valence-corrected chi connectivity index (χ3v) is 8.66. The van der Waals surface area contributed by atoms with Gasteiger partial charge in [-0.1, -0.05) is 25.4 Å². The van der Waals surface area contributed by atoms with Crippen molar-refractivity contribution in [1.82, 2.24) is 10.3 Å². The number of aromatic nitrogens is 1. The summed E-state index contributed by atoms with van der Waals surface area (Å²) in [5.41, 5.74) is 2.15. The Morgan fingerprint density at radius 1 is 0.854 bits per heavy atom. The van der Waals surface area contributed by atoms with Gasteiger partial charge in [-0.25, -0.2) is 0 Å². The number of benzene rings is 1. The fraction of sp³-hybridized carbons (Fsp3) is 0.486. The van der Waals surface area contributed by atoms with Crippen molar-refractivity contribution in [2.24, 2.45) is 5.41 Å². The van der Waals surface area contributed by atoms with Gasteiger partial charge in [0.15, 0.2) is 17.9 Å². The second-order valence-corrected chi connectivity index (χ2v) is 14.5. The minimum atomic E-state index is -0.727. The molecule has 5 aliphatic rings. The van der Waals surface area contributed by atoms with Crippen molar-refractivity contribution in [2.45, 2.75) is 83.8 Å². The van der Waals surface area contributed by atoms with Crippen LogP contribution in [0.4, 0.5) is 5.69 Å². The molecule has 2 aliphatic carbocycles. The van der Waals surface area contributed by atoms with Crippen LogP contribution in [0.1, 0.15) is 41.5 Å². The van der Waals surface area contributed by atoms with Crippen LogP contribution in [0.3, 0.4) is 0 Å². The maximum atomic E-state index is 6.06. The number of rotatable bonds is 10. The Balaban J connectivity index is 0.000000184. The number of nitrogens with one attached hydrogen (secondary N) is 2. The van der Waals surface area contributed by atoms with E-state index in [1.54, 1.807) is 0 Å². The Hall–Kier alpha value is -1.04. The molecule has 3 saturated heterocycles. The van der Waals surface area contributed by atoms with Crippen LogP contribution in [0, 0.1) is 68.8 Å². The van der Waals surface area contributed by atoms with E-state index in [4.69, 9.17) is 40.0 Å². The summed E-state index contributed by atoms with van der Waals surface area (Å²) in [7, 11) is 0. The Kier molecular flexibility index (Phi) is 12.8. The minimum Gasteiger partial charge on any atom is -0.384 e. The number of anilines is 1. The first-order valence-corrected chi connectivity index (χ1v) is 16.6. The Morgan fingerprint density at radius 3 is 2.29 bits per heavy atom. The van der Waals surface area contributed by atoms with Gasteiger partial charge in [-0.15, -0.1) is 0 Å². The molecular formula is C37H46ClFeN3O6+2. The summed E-state index contributed by atoms with van der Waals surface area (Å²) in [5.74, 6) is -0.0565. The fourth-order valence-corrected chi connectivity index (χ4v) is 6.40. The molecule has 2 saturated carbocycles. The Morgan fingerprint density at radius 2 is 1.54 bits per heavy atom. The van der Waals surface area contributed by atoms with Crippen LogP contribution in [-0.2, 0) is 45.5 Å². The number of fused-ring (bicyclic) bond motifs is 4. The summed E-state index contributed by atoms with van der Waals surface area (Å²) in [5, 5.41) is 8.92. The molecule has 0 bridgehead atoms. The monoisotopic (exact) mass is 719 g/mol. The van der Waals surface area contributed by atoms with Crippen molar-refractivity contribution in [2.75, 3.05) is 31.6 Å². The largest absolute Gasteiger partial charge is 2.00 e. The molecule has 7 rings (SSSR count). The first kappa shape index (κ1) is 38.2. The number of pyridine rings is 1. The van der Waals surface area contributed by atoms with Crippen LogP contribution in [0.15, 0.2) is 30.5 Å². The number of nitrogens with zero attached hydrogens (tertiary/aromatic N) is 1. The molecule has 10 radical (unpaired) electrons. The standard InChI is InChI=1S/C20H23ClN3.C17H23O6.Fe/c1-20(2,13-22-12-15-5-3-4-6-15)14-24-18-9-10-23-19-11-16(21)7-8-17(18)19;1-16(2)20-11(9-18-10-7-5-6-8-10)12-13(21-16)14-15(19-12)23-17(3,4)22-14;/h3-11,22H,12-14H2,1-2H3,(H,23,24);5-8,11-15H,9H2,1-4H3;/q;;+2/t;11-,12+,13-,14+,15+;/m.0./s1. The topological polar surface area (TPSA) is 92.3 Å². The van der Waals surface area contributed by atoms with Crippen molar-refractivity contribution < 1.29 is 45.5 Å². The van der Waals surface area contributed by atoms with Crippen LogP contribution < -0.4 is 10.6 Å². The number of halogens is 1. The zero-order valence-electron chi connectivity index (χ0n) is 28.3. The molecule has 0 amide bonds. The number of ether oxygens (including phenoxy) is 6. The SMILES string of the molecule is CC(C)(CNC[C]1[CH][CH][CH][CH]1)CNc1ccnc2cc(Cl)ccc12.CC1(C)O[C@H]2O[C@H]3[C@H](OC(C)(C)O[C@H]3CO[C]3[CH][CH][CH][CH]3)[C@H]2O1.[Fe+2]. The van der Waals surface area contributed by atoms with Crippen molar-refractivity contribution >= 4 is 28.2 Å². The van der Waals surface area contributed by atoms with Gasteiger partial charge >= 0.3 is 17.1 Å². The van der Waals surface area contributed by atoms with E-state index in [0.717, 1.165) is 42.3 Å². The molecule has 9 nitrogen and oxygen atoms in total. The predicted molar refractivity (Wildman–Crippen MR) is 181 cm³/mol. The normalized spacial score (nSPS) is 29.6. The summed E-state index contributed by atoms with van der Waals surface area (Å²) in [6.07, 6.45) is 17.3. The molecule has 4 heterocycles. The minimum absolute atomic E-state index is 0. The van der Waals surface area contributed by atoms with Crippen LogP contribution in [-0.4, -0.2) is 73.5 Å². The van der Waals surface area contributed by atoms with E-state index in [-0.39, 0.29) is 46.9 Å². The van der Waals surface area contributed by atoms with E-state index < -0.39 is 17.9 Å². The smallest absolute Gasteiger partial charge is 0.384 e. The molecule has 2 aromatic rings. The van der Waals surface area contributed by atoms with Crippen LogP contribution in [0.2, 0.25) is 5.02 Å². The summed E-state index contributed by atoms with van der Waals surface area (Å²) < 4.78 is 35.7. The molecule has 5 fully saturated rings. The molecular weight excluding hydrogens is 674 g/mol. The molecule has 2 N–H and O–H groups in total. The fourth-order valence-electron chi connectivity index (χ4n) is 6.23. The van der Waals surface area contributed by atoms with Crippen molar-refractivity contribution in [3.8, 4) is 0 Å². The second kappa shape index (κ2) is 16.1. The first-order valence-electron chi connectivity index (χ1n) is 16.3. The summed E-state index contributed by atoms with van der Waals surface area (Å²) in [6.45, 7) is 15.2. The van der Waals surface area contributed by atoms with Gasteiger partial charge in [0.25, 0.3) is 0 Å². The molecule has 11 heteroatoms. The number of hydrogen-bond donors (Lipinski definition) is 2. The average Bonchev–Trinajstić information content (AvgIpc) is 3.81. The second-order valence-electron chi connectivity index (χ2n) is 14.1. The third-order valence-electron chi connectivity index (χ3n) is 8.42. The van der Waals surface area contributed by atoms with Crippen molar-refractivity contribution in [1.29, 1.82) is 0 Å². The van der Waals surface area contributed by atoms with Gasteiger partial charge in [0.2, 0.25) is 0 Å². The number of hydrogen-bond acceptors (Lipinski definition) is 9. The summed E-state index contributed by atoms with van der Waals surface area (Å²) in [6, 6.07) is 7.84. The maximum absolute atomic E-state index is 6.06. The van der Waals surface area contributed by atoms with E-state index >= 15 is 0 Å². The summed E-state index contributed by atoms with van der Waals surface area (Å²) in [4.78, 5) is 4.39. The van der Waals surface area contributed by atoms with Gasteiger partial charge in [-0.3, -0.25) is 4.98 Å². The molecule has 3 aliphatic heterocycles. The first-order chi connectivity index (χ1) is 22.4. The zero-order chi connectivity index (χ0) is 33.2. The molecule has 0 spiro atoms.